The van der Waals surface area contributed by atoms with Crippen LogP contribution in [0.15, 0.2) is 9.98 Å². The molecular weight excluding hydrogens is 727 g/mol. The van der Waals surface area contributed by atoms with Crippen LogP contribution in [0.5, 0.6) is 0 Å². The highest BCUT2D eigenvalue weighted by Crippen LogP contribution is 2.06. The number of carbonyl (C=O) groups is 6. The molecule has 47 heavy (non-hydrogen) atoms. The Bertz CT molecular complexity index is 974. The number of amides is 1. The minimum Gasteiger partial charge on any atom is -1.00 e. The van der Waals surface area contributed by atoms with Gasteiger partial charge in [-0.2, -0.15) is 0 Å². The molecule has 0 saturated carbocycles. The number of likely N-dealkylation sites (N-methyl/N-ethyl adjacent to an activating group) is 2. The van der Waals surface area contributed by atoms with Crippen LogP contribution < -0.4 is 45.7 Å². The van der Waals surface area contributed by atoms with Gasteiger partial charge in [-0.05, 0) is 82.8 Å². The summed E-state index contributed by atoms with van der Waals surface area (Å²) in [7, 11) is 3.17. The number of rotatable bonds is 15. The molecule has 0 aliphatic carbocycles. The molecule has 2 unspecified atom stereocenters. The van der Waals surface area contributed by atoms with Crippen LogP contribution in [0.3, 0.4) is 0 Å². The summed E-state index contributed by atoms with van der Waals surface area (Å²) < 4.78 is 9.85. The molecule has 0 spiro atoms. The van der Waals surface area contributed by atoms with E-state index in [1.54, 1.807) is 55.6 Å². The molecule has 0 aromatic carbocycles. The van der Waals surface area contributed by atoms with Crippen molar-refractivity contribution in [1.82, 2.24) is 16.0 Å². The lowest BCUT2D eigenvalue weighted by atomic mass is 10.1. The largest absolute Gasteiger partial charge is 1.00 e. The summed E-state index contributed by atoms with van der Waals surface area (Å²) in [4.78, 5) is 72.8. The van der Waals surface area contributed by atoms with E-state index in [0.717, 1.165) is 19.5 Å². The average molecular weight is 788 g/mol. The van der Waals surface area contributed by atoms with Crippen LogP contribution in [0, 0.1) is 0 Å². The molecule has 0 saturated heterocycles. The number of esters is 2. The highest BCUT2D eigenvalue weighted by atomic mass is 127. The maximum atomic E-state index is 11.5. The van der Waals surface area contributed by atoms with Crippen molar-refractivity contribution in [2.24, 2.45) is 15.7 Å². The third kappa shape index (κ3) is 45.4. The Morgan fingerprint density at radius 2 is 1.26 bits per heavy atom. The number of nitrogens with two attached hydrogens (primary N) is 1. The fraction of sp³-hybridized carbons (Fsp3) is 0.774. The van der Waals surface area contributed by atoms with Crippen molar-refractivity contribution in [3.63, 3.8) is 0 Å². The van der Waals surface area contributed by atoms with Crippen molar-refractivity contribution in [1.29, 1.82) is 0 Å². The maximum Gasteiger partial charge on any atom is 0.325 e. The van der Waals surface area contributed by atoms with Crippen molar-refractivity contribution in [2.45, 2.75) is 118 Å². The van der Waals surface area contributed by atoms with Gasteiger partial charge in [0.1, 0.15) is 29.3 Å². The summed E-state index contributed by atoms with van der Waals surface area (Å²) in [6.07, 6.45) is 2.20. The van der Waals surface area contributed by atoms with E-state index in [2.05, 4.69) is 38.9 Å². The highest BCUT2D eigenvalue weighted by molar-refractivity contribution is 5.89. The van der Waals surface area contributed by atoms with Crippen molar-refractivity contribution in [3.8, 4) is 0 Å². The predicted molar refractivity (Wildman–Crippen MR) is 178 cm³/mol. The minimum atomic E-state index is -0.963. The number of aliphatic carboxylic acids is 1. The SMILES string of the molecule is CC(C)(C)OC(=O)CN.CCCCN=C=NCC.CNC(CC(=O)NCC(=O)OC(C)(C)C)C(C)=O.CNC(CC(=O)O)C(C)=O.[I-]. The predicted octanol–water partition coefficient (Wildman–Crippen LogP) is -1.08. The smallest absolute Gasteiger partial charge is 0.325 e. The fourth-order valence-electron chi connectivity index (χ4n) is 2.67. The molecule has 0 bridgehead atoms. The molecule has 6 N–H and O–H groups in total. The van der Waals surface area contributed by atoms with Crippen LogP contribution in [-0.2, 0) is 38.2 Å². The number of hydrogen-bond acceptors (Lipinski definition) is 13. The molecule has 0 aromatic heterocycles. The first-order valence-corrected chi connectivity index (χ1v) is 15.2. The van der Waals surface area contributed by atoms with Gasteiger partial charge in [-0.3, -0.25) is 28.8 Å². The zero-order valence-corrected chi connectivity index (χ0v) is 32.5. The molecule has 0 aromatic rings. The lowest BCUT2D eigenvalue weighted by Crippen LogP contribution is -3.00. The third-order valence-electron chi connectivity index (χ3n) is 4.81. The van der Waals surface area contributed by atoms with Gasteiger partial charge in [0.15, 0.2) is 0 Å². The summed E-state index contributed by atoms with van der Waals surface area (Å²) in [5.41, 5.74) is 4.02. The first kappa shape index (κ1) is 53.7. The quantitative estimate of drug-likeness (QED) is 0.0579. The lowest BCUT2D eigenvalue weighted by Gasteiger charge is -2.19. The molecule has 0 heterocycles. The highest BCUT2D eigenvalue weighted by Gasteiger charge is 2.19. The van der Waals surface area contributed by atoms with Gasteiger partial charge in [0.2, 0.25) is 5.91 Å². The van der Waals surface area contributed by atoms with E-state index >= 15 is 0 Å². The van der Waals surface area contributed by atoms with Gasteiger partial charge >= 0.3 is 17.9 Å². The second-order valence-electron chi connectivity index (χ2n) is 11.7. The second kappa shape index (κ2) is 31.8. The van der Waals surface area contributed by atoms with E-state index in [9.17, 15) is 28.8 Å². The van der Waals surface area contributed by atoms with Gasteiger partial charge in [0.25, 0.3) is 0 Å². The topological polar surface area (TPSA) is 228 Å². The van der Waals surface area contributed by atoms with E-state index < -0.39 is 35.2 Å². The first-order valence-electron chi connectivity index (χ1n) is 15.2. The van der Waals surface area contributed by atoms with Crippen LogP contribution in [0.4, 0.5) is 0 Å². The Kier molecular flexibility index (Phi) is 36.3. The lowest BCUT2D eigenvalue weighted by molar-refractivity contribution is -0.155. The summed E-state index contributed by atoms with van der Waals surface area (Å²) >= 11 is 0. The van der Waals surface area contributed by atoms with Gasteiger partial charge in [0.05, 0.1) is 31.1 Å². The van der Waals surface area contributed by atoms with Crippen LogP contribution in [-0.4, -0.2) is 110 Å². The van der Waals surface area contributed by atoms with E-state index in [1.807, 2.05) is 6.92 Å². The Morgan fingerprint density at radius 1 is 0.809 bits per heavy atom. The fourth-order valence-corrected chi connectivity index (χ4v) is 2.67. The van der Waals surface area contributed by atoms with E-state index in [0.29, 0.717) is 0 Å². The number of carboxylic acid groups (broad SMARTS) is 1. The Labute approximate surface area is 298 Å². The molecule has 1 amide bonds. The van der Waals surface area contributed by atoms with Crippen molar-refractivity contribution in [2.75, 3.05) is 40.3 Å². The summed E-state index contributed by atoms with van der Waals surface area (Å²) in [6, 6.07) is 1.55. The van der Waals surface area contributed by atoms with E-state index in [4.69, 9.17) is 20.3 Å². The number of aliphatic imine (C=N–C) groups is 2. The zero-order valence-electron chi connectivity index (χ0n) is 30.4. The molecule has 2 atom stereocenters. The molecule has 0 rings (SSSR count). The summed E-state index contributed by atoms with van der Waals surface area (Å²) in [5.74, 6) is -2.46. The third-order valence-corrected chi connectivity index (χ3v) is 4.81. The van der Waals surface area contributed by atoms with Crippen LogP contribution in [0.25, 0.3) is 0 Å². The number of carboxylic acids is 1. The number of ketones is 2. The number of halogens is 1. The van der Waals surface area contributed by atoms with Gasteiger partial charge < -0.3 is 60.2 Å². The van der Waals surface area contributed by atoms with Crippen LogP contribution in [0.1, 0.15) is 94.9 Å². The number of carbonyl (C=O) groups excluding carboxylic acids is 5. The van der Waals surface area contributed by atoms with Crippen molar-refractivity contribution >= 4 is 41.4 Å². The van der Waals surface area contributed by atoms with Gasteiger partial charge in [0, 0.05) is 19.5 Å². The average Bonchev–Trinajstić information content (AvgIpc) is 2.92. The maximum absolute atomic E-state index is 11.5. The molecule has 0 radical (unpaired) electrons. The van der Waals surface area contributed by atoms with E-state index in [-0.39, 0.29) is 73.4 Å². The van der Waals surface area contributed by atoms with Gasteiger partial charge in [-0.25, -0.2) is 9.98 Å². The number of hydrogen-bond donors (Lipinski definition) is 5. The number of nitrogens with zero attached hydrogens (tertiary/aromatic N) is 2. The Morgan fingerprint density at radius 3 is 1.55 bits per heavy atom. The summed E-state index contributed by atoms with van der Waals surface area (Å²) in [6.45, 7) is 19.0. The monoisotopic (exact) mass is 787 g/mol. The molecular formula is C31H60IN6O9-. The zero-order chi connectivity index (χ0) is 36.9. The number of Topliss-reactive ketones (excluding diaryl/α,β-unsaturated/α-hetero) is 2. The molecule has 0 aliphatic heterocycles. The summed E-state index contributed by atoms with van der Waals surface area (Å²) in [5, 5.41) is 16.0. The first-order chi connectivity index (χ1) is 21.1. The van der Waals surface area contributed by atoms with Gasteiger partial charge in [-0.1, -0.05) is 13.3 Å². The van der Waals surface area contributed by atoms with Crippen LogP contribution >= 0.6 is 0 Å². The number of nitrogens with one attached hydrogen (secondary N) is 3. The normalized spacial score (nSPS) is 11.3. The molecule has 0 fully saturated rings. The van der Waals surface area contributed by atoms with Crippen molar-refractivity contribution < 1.29 is 67.3 Å². The number of ether oxygens (including phenoxy) is 2. The standard InChI is InChI=1S/C12H22N2O4.C7H14N2.C6H11NO3.C6H13NO2.HI/c1-8(15)9(13-5)6-10(16)14-7-11(17)18-12(2,3)4;1-3-5-6-9-7-8-4-2;1-4(8)5(7-2)3-6(9)10;1-6(2,3)9-5(8)4-7;/h9,13H,6-7H2,1-5H3,(H,14,16);3-6H2,1-2H3;5,7H,3H2,1-2H3,(H,9,10);4,7H2,1-3H3;1H/p-1. The molecule has 15 nitrogen and oxygen atoms in total. The molecule has 276 valence electrons. The molecule has 16 heteroatoms. The van der Waals surface area contributed by atoms with E-state index in [1.165, 1.54) is 20.3 Å². The molecule has 0 aliphatic rings. The number of unbranched alkanes of at least 4 members (excludes halogenated alkanes) is 1. The van der Waals surface area contributed by atoms with Crippen LogP contribution in [0.2, 0.25) is 0 Å². The second-order valence-corrected chi connectivity index (χ2v) is 11.7. The minimum absolute atomic E-state index is 0. The Hall–Kier alpha value is -2.79. The van der Waals surface area contributed by atoms with Gasteiger partial charge in [-0.15, -0.1) is 0 Å². The van der Waals surface area contributed by atoms with Crippen molar-refractivity contribution in [3.05, 3.63) is 0 Å². The Balaban J connectivity index is -0.000000175.